The Bertz CT molecular complexity index is 1100. The first kappa shape index (κ1) is 18.0. The number of hydrogen-bond donors (Lipinski definition) is 0. The minimum absolute atomic E-state index is 0.202. The molecule has 0 aliphatic carbocycles. The van der Waals surface area contributed by atoms with Gasteiger partial charge in [0.25, 0.3) is 0 Å². The van der Waals surface area contributed by atoms with Crippen LogP contribution in [0.15, 0.2) is 59.7 Å². The largest absolute Gasteiger partial charge is 0.497 e. The van der Waals surface area contributed by atoms with Gasteiger partial charge in [-0.05, 0) is 53.8 Å². The van der Waals surface area contributed by atoms with Crippen LogP contribution < -0.4 is 14.2 Å². The Kier molecular flexibility index (Phi) is 4.71. The van der Waals surface area contributed by atoms with Gasteiger partial charge in [-0.1, -0.05) is 18.2 Å². The zero-order valence-electron chi connectivity index (χ0n) is 15.2. The van der Waals surface area contributed by atoms with Gasteiger partial charge in [-0.25, -0.2) is 4.79 Å². The Hall–Kier alpha value is -3.38. The van der Waals surface area contributed by atoms with Crippen molar-refractivity contribution < 1.29 is 23.8 Å². The number of benzene rings is 2. The van der Waals surface area contributed by atoms with Crippen molar-refractivity contribution in [2.45, 2.75) is 6.92 Å². The van der Waals surface area contributed by atoms with Crippen LogP contribution in [0.4, 0.5) is 0 Å². The summed E-state index contributed by atoms with van der Waals surface area (Å²) in [6.07, 6.45) is 1.67. The summed E-state index contributed by atoms with van der Waals surface area (Å²) in [7, 11) is 1.59. The maximum atomic E-state index is 12.8. The number of allylic oxidation sites excluding steroid dienone is 1. The molecule has 5 nitrogen and oxygen atoms in total. The SMILES string of the molecule is COc1cccc(/C=C2\Oc3cc(OC(=O)c4cccs4)cc(C)c3C2=O)c1. The molecular formula is C22H16O5S. The van der Waals surface area contributed by atoms with E-state index in [1.165, 1.54) is 11.3 Å². The molecule has 140 valence electrons. The Morgan fingerprint density at radius 1 is 1.11 bits per heavy atom. The third-order valence-corrected chi connectivity index (χ3v) is 5.12. The highest BCUT2D eigenvalue weighted by atomic mass is 32.1. The first-order chi connectivity index (χ1) is 13.5. The molecule has 0 fully saturated rings. The van der Waals surface area contributed by atoms with Crippen molar-refractivity contribution in [3.8, 4) is 17.2 Å². The average Bonchev–Trinajstić information content (AvgIpc) is 3.31. The van der Waals surface area contributed by atoms with Gasteiger partial charge in [0.15, 0.2) is 5.76 Å². The number of methoxy groups -OCH3 is 1. The molecule has 0 N–H and O–H groups in total. The first-order valence-corrected chi connectivity index (χ1v) is 9.42. The summed E-state index contributed by atoms with van der Waals surface area (Å²) >= 11 is 1.31. The minimum atomic E-state index is -0.439. The van der Waals surface area contributed by atoms with Crippen LogP contribution in [0.5, 0.6) is 17.2 Å². The number of thiophene rings is 1. The van der Waals surface area contributed by atoms with Gasteiger partial charge >= 0.3 is 5.97 Å². The van der Waals surface area contributed by atoms with Crippen LogP contribution in [0.3, 0.4) is 0 Å². The van der Waals surface area contributed by atoms with E-state index in [-0.39, 0.29) is 11.5 Å². The van der Waals surface area contributed by atoms with Crippen molar-refractivity contribution in [1.29, 1.82) is 0 Å². The van der Waals surface area contributed by atoms with Crippen LogP contribution in [0, 0.1) is 6.92 Å². The van der Waals surface area contributed by atoms with E-state index in [2.05, 4.69) is 0 Å². The highest BCUT2D eigenvalue weighted by molar-refractivity contribution is 7.12. The topological polar surface area (TPSA) is 61.8 Å². The van der Waals surface area contributed by atoms with Gasteiger partial charge < -0.3 is 14.2 Å². The van der Waals surface area contributed by atoms with E-state index in [0.29, 0.717) is 33.3 Å². The minimum Gasteiger partial charge on any atom is -0.497 e. The quantitative estimate of drug-likeness (QED) is 0.359. The number of aryl methyl sites for hydroxylation is 1. The van der Waals surface area contributed by atoms with Crippen LogP contribution >= 0.6 is 11.3 Å². The third-order valence-electron chi connectivity index (χ3n) is 4.27. The number of ketones is 1. The maximum absolute atomic E-state index is 12.8. The van der Waals surface area contributed by atoms with Crippen molar-refractivity contribution in [2.24, 2.45) is 0 Å². The van der Waals surface area contributed by atoms with E-state index in [9.17, 15) is 9.59 Å². The number of carbonyl (C=O) groups excluding carboxylic acids is 2. The summed E-state index contributed by atoms with van der Waals surface area (Å²) in [5, 5.41) is 1.81. The van der Waals surface area contributed by atoms with E-state index in [0.717, 1.165) is 5.56 Å². The summed E-state index contributed by atoms with van der Waals surface area (Å²) in [5.41, 5.74) is 1.95. The van der Waals surface area contributed by atoms with Gasteiger partial charge in [0, 0.05) is 6.07 Å². The van der Waals surface area contributed by atoms with Crippen LogP contribution in [-0.2, 0) is 0 Å². The number of Topliss-reactive ketones (excluding diaryl/α,β-unsaturated/α-hetero) is 1. The van der Waals surface area contributed by atoms with E-state index in [4.69, 9.17) is 14.2 Å². The zero-order chi connectivity index (χ0) is 19.7. The molecule has 1 aliphatic heterocycles. The molecule has 0 unspecified atom stereocenters. The third kappa shape index (κ3) is 3.42. The Morgan fingerprint density at radius 2 is 1.96 bits per heavy atom. The van der Waals surface area contributed by atoms with Gasteiger partial charge in [-0.15, -0.1) is 11.3 Å². The molecule has 3 aromatic rings. The standard InChI is InChI=1S/C22H16O5S/c1-13-9-16(26-22(24)19-7-4-8-28-19)12-17-20(13)21(23)18(27-17)11-14-5-3-6-15(10-14)25-2/h3-12H,1-2H3/b18-11-. The van der Waals surface area contributed by atoms with Gasteiger partial charge in [0.1, 0.15) is 22.1 Å². The van der Waals surface area contributed by atoms with Crippen molar-refractivity contribution in [1.82, 2.24) is 0 Å². The molecule has 6 heteroatoms. The second-order valence-corrected chi connectivity index (χ2v) is 7.14. The lowest BCUT2D eigenvalue weighted by molar-refractivity contribution is 0.0739. The molecule has 0 radical (unpaired) electrons. The Balaban J connectivity index is 1.62. The van der Waals surface area contributed by atoms with Gasteiger partial charge in [0.2, 0.25) is 5.78 Å². The number of carbonyl (C=O) groups is 2. The predicted octanol–water partition coefficient (Wildman–Crippen LogP) is 4.90. The second-order valence-electron chi connectivity index (χ2n) is 6.20. The smallest absolute Gasteiger partial charge is 0.353 e. The molecule has 0 bridgehead atoms. The normalized spacial score (nSPS) is 13.9. The van der Waals surface area contributed by atoms with Crippen LogP contribution in [0.25, 0.3) is 6.08 Å². The summed E-state index contributed by atoms with van der Waals surface area (Å²) in [6.45, 7) is 1.79. The highest BCUT2D eigenvalue weighted by Crippen LogP contribution is 2.38. The fourth-order valence-corrected chi connectivity index (χ4v) is 3.57. The summed E-state index contributed by atoms with van der Waals surface area (Å²) in [6, 6.07) is 14.1. The van der Waals surface area contributed by atoms with Crippen molar-refractivity contribution in [3.63, 3.8) is 0 Å². The fraction of sp³-hybridized carbons (Fsp3) is 0.0909. The van der Waals surface area contributed by atoms with E-state index < -0.39 is 5.97 Å². The fourth-order valence-electron chi connectivity index (χ4n) is 2.97. The summed E-state index contributed by atoms with van der Waals surface area (Å²) < 4.78 is 16.4. The molecule has 1 aliphatic rings. The number of rotatable bonds is 4. The molecule has 1 aromatic heterocycles. The molecule has 0 saturated heterocycles. The molecule has 0 spiro atoms. The van der Waals surface area contributed by atoms with Crippen molar-refractivity contribution >= 4 is 29.2 Å². The monoisotopic (exact) mass is 392 g/mol. The van der Waals surface area contributed by atoms with E-state index in [1.807, 2.05) is 29.6 Å². The molecule has 4 rings (SSSR count). The molecule has 0 atom stereocenters. The lowest BCUT2D eigenvalue weighted by Crippen LogP contribution is -2.06. The highest BCUT2D eigenvalue weighted by Gasteiger charge is 2.30. The average molecular weight is 392 g/mol. The number of esters is 1. The lowest BCUT2D eigenvalue weighted by atomic mass is 10.0. The van der Waals surface area contributed by atoms with E-state index in [1.54, 1.807) is 44.4 Å². The number of fused-ring (bicyclic) bond motifs is 1. The predicted molar refractivity (Wildman–Crippen MR) is 106 cm³/mol. The Morgan fingerprint density at radius 3 is 2.71 bits per heavy atom. The summed E-state index contributed by atoms with van der Waals surface area (Å²) in [4.78, 5) is 25.4. The molecule has 0 amide bonds. The first-order valence-electron chi connectivity index (χ1n) is 8.54. The van der Waals surface area contributed by atoms with Gasteiger partial charge in [0.05, 0.1) is 12.7 Å². The molecule has 28 heavy (non-hydrogen) atoms. The second kappa shape index (κ2) is 7.32. The van der Waals surface area contributed by atoms with Crippen LogP contribution in [0.1, 0.15) is 31.2 Å². The van der Waals surface area contributed by atoms with E-state index >= 15 is 0 Å². The van der Waals surface area contributed by atoms with Crippen LogP contribution in [-0.4, -0.2) is 18.9 Å². The van der Waals surface area contributed by atoms with Crippen LogP contribution in [0.2, 0.25) is 0 Å². The molecule has 2 aromatic carbocycles. The lowest BCUT2D eigenvalue weighted by Gasteiger charge is -2.06. The van der Waals surface area contributed by atoms with Gasteiger partial charge in [-0.2, -0.15) is 0 Å². The number of ether oxygens (including phenoxy) is 3. The molecular weight excluding hydrogens is 376 g/mol. The molecule has 0 saturated carbocycles. The van der Waals surface area contributed by atoms with Gasteiger partial charge in [-0.3, -0.25) is 4.79 Å². The molecule has 2 heterocycles. The number of hydrogen-bond acceptors (Lipinski definition) is 6. The summed E-state index contributed by atoms with van der Waals surface area (Å²) in [5.74, 6) is 0.986. The zero-order valence-corrected chi connectivity index (χ0v) is 16.0. The van der Waals surface area contributed by atoms with Crippen molar-refractivity contribution in [2.75, 3.05) is 7.11 Å². The van der Waals surface area contributed by atoms with Crippen molar-refractivity contribution in [3.05, 3.63) is 81.2 Å². The maximum Gasteiger partial charge on any atom is 0.353 e. The Labute approximate surface area is 165 Å².